The van der Waals surface area contributed by atoms with E-state index in [1.165, 1.54) is 17.0 Å². The van der Waals surface area contributed by atoms with E-state index in [0.29, 0.717) is 24.4 Å². The minimum Gasteiger partial charge on any atom is -0.497 e. The second kappa shape index (κ2) is 14.5. The molecule has 0 saturated carbocycles. The van der Waals surface area contributed by atoms with E-state index >= 15 is 0 Å². The number of halogens is 1. The lowest BCUT2D eigenvalue weighted by Gasteiger charge is -2.33. The van der Waals surface area contributed by atoms with Gasteiger partial charge in [0.05, 0.1) is 17.7 Å². The number of rotatable bonds is 13. The molecule has 0 spiro atoms. The molecule has 0 aromatic heterocycles. The third-order valence-electron chi connectivity index (χ3n) is 6.58. The van der Waals surface area contributed by atoms with Crippen molar-refractivity contribution in [3.05, 3.63) is 88.4 Å². The van der Waals surface area contributed by atoms with Crippen molar-refractivity contribution < 1.29 is 22.7 Å². The van der Waals surface area contributed by atoms with Crippen LogP contribution < -0.4 is 14.4 Å². The number of methoxy groups -OCH3 is 1. The summed E-state index contributed by atoms with van der Waals surface area (Å²) in [5.41, 5.74) is 2.04. The average molecular weight is 645 g/mol. The minimum absolute atomic E-state index is 0.0715. The molecule has 2 amide bonds. The molecule has 0 fully saturated rings. The van der Waals surface area contributed by atoms with Gasteiger partial charge in [-0.2, -0.15) is 0 Å². The van der Waals surface area contributed by atoms with Gasteiger partial charge in [-0.25, -0.2) is 8.42 Å². The summed E-state index contributed by atoms with van der Waals surface area (Å²) in [5, 5.41) is 2.94. The van der Waals surface area contributed by atoms with Gasteiger partial charge in [0.15, 0.2) is 0 Å². The van der Waals surface area contributed by atoms with Crippen LogP contribution >= 0.6 is 15.9 Å². The first-order valence-electron chi connectivity index (χ1n) is 13.5. The summed E-state index contributed by atoms with van der Waals surface area (Å²) in [5.74, 6) is 0.124. The van der Waals surface area contributed by atoms with Crippen LogP contribution in [0.2, 0.25) is 0 Å². The second-order valence-corrected chi connectivity index (χ2v) is 13.0. The Morgan fingerprint density at radius 3 is 2.10 bits per heavy atom. The number of nitrogens with one attached hydrogen (secondary N) is 1. The normalized spacial score (nSPS) is 12.1. The highest BCUT2D eigenvalue weighted by Crippen LogP contribution is 2.27. The summed E-state index contributed by atoms with van der Waals surface area (Å²) in [4.78, 5) is 28.9. The predicted molar refractivity (Wildman–Crippen MR) is 165 cm³/mol. The fraction of sp³-hybridized carbons (Fsp3) is 0.355. The molecule has 3 rings (SSSR count). The number of anilines is 1. The SMILES string of the molecule is CC[C@@H](C(=O)NCC(C)C)N(Cc1ccc(OC)cc1)C(=O)CN(c1ccc(Br)cc1)S(=O)(=O)c1ccc(C)cc1. The maximum atomic E-state index is 14.1. The van der Waals surface area contributed by atoms with Gasteiger partial charge in [0.1, 0.15) is 18.3 Å². The Bertz CT molecular complexity index is 1410. The Morgan fingerprint density at radius 2 is 1.56 bits per heavy atom. The molecule has 220 valence electrons. The number of amides is 2. The fourth-order valence-corrected chi connectivity index (χ4v) is 5.92. The Labute approximate surface area is 251 Å². The number of carbonyl (C=O) groups excluding carboxylic acids is 2. The van der Waals surface area contributed by atoms with Crippen LogP contribution in [0.15, 0.2) is 82.2 Å². The molecular formula is C31H38BrN3O5S. The number of sulfonamides is 1. The third-order valence-corrected chi connectivity index (χ3v) is 8.90. The zero-order valence-corrected chi connectivity index (χ0v) is 26.5. The molecule has 0 unspecified atom stereocenters. The van der Waals surface area contributed by atoms with E-state index in [4.69, 9.17) is 4.74 Å². The first kappa shape index (κ1) is 32.1. The zero-order valence-electron chi connectivity index (χ0n) is 24.1. The Hall–Kier alpha value is -3.37. The van der Waals surface area contributed by atoms with Gasteiger partial charge >= 0.3 is 0 Å². The third kappa shape index (κ3) is 8.56. The summed E-state index contributed by atoms with van der Waals surface area (Å²) in [7, 11) is -2.54. The van der Waals surface area contributed by atoms with E-state index in [9.17, 15) is 18.0 Å². The number of aryl methyl sites for hydroxylation is 1. The fourth-order valence-electron chi connectivity index (χ4n) is 4.24. The zero-order chi connectivity index (χ0) is 30.2. The van der Waals surface area contributed by atoms with E-state index in [1.807, 2.05) is 39.8 Å². The van der Waals surface area contributed by atoms with Gasteiger partial charge in [-0.15, -0.1) is 0 Å². The minimum atomic E-state index is -4.11. The van der Waals surface area contributed by atoms with Crippen LogP contribution in [0.3, 0.4) is 0 Å². The molecule has 0 radical (unpaired) electrons. The molecule has 0 saturated heterocycles. The van der Waals surface area contributed by atoms with Crippen LogP contribution in [0.5, 0.6) is 5.75 Å². The monoisotopic (exact) mass is 643 g/mol. The number of ether oxygens (including phenoxy) is 1. The van der Waals surface area contributed by atoms with E-state index in [0.717, 1.165) is 19.9 Å². The van der Waals surface area contributed by atoms with Gasteiger partial charge in [0.25, 0.3) is 10.0 Å². The van der Waals surface area contributed by atoms with Gasteiger partial charge < -0.3 is 15.0 Å². The molecule has 1 atom stereocenters. The lowest BCUT2D eigenvalue weighted by molar-refractivity contribution is -0.140. The largest absolute Gasteiger partial charge is 0.497 e. The number of benzene rings is 3. The van der Waals surface area contributed by atoms with Crippen molar-refractivity contribution in [3.63, 3.8) is 0 Å². The van der Waals surface area contributed by atoms with Crippen molar-refractivity contribution in [1.82, 2.24) is 10.2 Å². The highest BCUT2D eigenvalue weighted by molar-refractivity contribution is 9.10. The molecule has 0 aliphatic rings. The standard InChI is InChI=1S/C31H38BrN3O5S/c1-6-29(31(37)33-19-22(2)3)34(20-24-9-15-27(40-5)16-10-24)30(36)21-35(26-13-11-25(32)12-14-26)41(38,39)28-17-7-23(4)8-18-28/h7-18,22,29H,6,19-21H2,1-5H3,(H,33,37)/t29-/m0/s1. The van der Waals surface area contributed by atoms with E-state index in [2.05, 4.69) is 21.2 Å². The average Bonchev–Trinajstić information content (AvgIpc) is 2.95. The van der Waals surface area contributed by atoms with Crippen LogP contribution in [-0.4, -0.2) is 51.4 Å². The van der Waals surface area contributed by atoms with E-state index in [1.54, 1.807) is 55.6 Å². The Balaban J connectivity index is 2.03. The molecular weight excluding hydrogens is 606 g/mol. The maximum Gasteiger partial charge on any atom is 0.264 e. The topological polar surface area (TPSA) is 96.0 Å². The number of nitrogens with zero attached hydrogens (tertiary/aromatic N) is 2. The quantitative estimate of drug-likeness (QED) is 0.264. The Kier molecular flexibility index (Phi) is 11.4. The highest BCUT2D eigenvalue weighted by atomic mass is 79.9. The van der Waals surface area contributed by atoms with Gasteiger partial charge in [-0.3, -0.25) is 13.9 Å². The molecule has 8 nitrogen and oxygen atoms in total. The molecule has 41 heavy (non-hydrogen) atoms. The summed E-state index contributed by atoms with van der Waals surface area (Å²) in [6.07, 6.45) is 0.356. The summed E-state index contributed by atoms with van der Waals surface area (Å²) < 4.78 is 35.0. The summed E-state index contributed by atoms with van der Waals surface area (Å²) in [6.45, 7) is 7.80. The summed E-state index contributed by atoms with van der Waals surface area (Å²) >= 11 is 3.39. The molecule has 0 aliphatic carbocycles. The van der Waals surface area contributed by atoms with Crippen molar-refractivity contribution in [1.29, 1.82) is 0 Å². The highest BCUT2D eigenvalue weighted by Gasteiger charge is 2.33. The number of hydrogen-bond acceptors (Lipinski definition) is 5. The van der Waals surface area contributed by atoms with Crippen LogP contribution in [0, 0.1) is 12.8 Å². The number of hydrogen-bond donors (Lipinski definition) is 1. The molecule has 0 heterocycles. The maximum absolute atomic E-state index is 14.1. The van der Waals surface area contributed by atoms with Crippen LogP contribution in [0.25, 0.3) is 0 Å². The number of carbonyl (C=O) groups is 2. The van der Waals surface area contributed by atoms with Gasteiger partial charge in [-0.1, -0.05) is 66.5 Å². The first-order chi connectivity index (χ1) is 19.5. The van der Waals surface area contributed by atoms with Crippen molar-refractivity contribution in [2.75, 3.05) is 24.5 Å². The lowest BCUT2D eigenvalue weighted by Crippen LogP contribution is -2.52. The Morgan fingerprint density at radius 1 is 0.951 bits per heavy atom. The molecule has 3 aromatic rings. The molecule has 10 heteroatoms. The van der Waals surface area contributed by atoms with E-state index < -0.39 is 28.5 Å². The van der Waals surface area contributed by atoms with E-state index in [-0.39, 0.29) is 23.3 Å². The van der Waals surface area contributed by atoms with Crippen molar-refractivity contribution in [2.24, 2.45) is 5.92 Å². The molecule has 0 bridgehead atoms. The first-order valence-corrected chi connectivity index (χ1v) is 15.7. The smallest absolute Gasteiger partial charge is 0.264 e. The lowest BCUT2D eigenvalue weighted by atomic mass is 10.1. The van der Waals surface area contributed by atoms with Crippen LogP contribution in [-0.2, 0) is 26.2 Å². The van der Waals surface area contributed by atoms with Crippen molar-refractivity contribution >= 4 is 43.5 Å². The molecule has 1 N–H and O–H groups in total. The van der Waals surface area contributed by atoms with Crippen LogP contribution in [0.1, 0.15) is 38.3 Å². The van der Waals surface area contributed by atoms with Crippen molar-refractivity contribution in [2.45, 2.75) is 51.6 Å². The molecule has 3 aromatic carbocycles. The van der Waals surface area contributed by atoms with Crippen molar-refractivity contribution in [3.8, 4) is 5.75 Å². The van der Waals surface area contributed by atoms with Gasteiger partial charge in [0.2, 0.25) is 11.8 Å². The predicted octanol–water partition coefficient (Wildman–Crippen LogP) is 5.54. The summed E-state index contributed by atoms with van der Waals surface area (Å²) in [6, 6.07) is 19.7. The second-order valence-electron chi connectivity index (χ2n) is 10.2. The van der Waals surface area contributed by atoms with Crippen LogP contribution in [0.4, 0.5) is 5.69 Å². The molecule has 0 aliphatic heterocycles. The van der Waals surface area contributed by atoms with Gasteiger partial charge in [0, 0.05) is 17.6 Å². The van der Waals surface area contributed by atoms with Gasteiger partial charge in [-0.05, 0) is 73.4 Å².